The van der Waals surface area contributed by atoms with E-state index in [4.69, 9.17) is 11.6 Å². The number of hydrogen-bond acceptors (Lipinski definition) is 2. The van der Waals surface area contributed by atoms with Crippen molar-refractivity contribution in [3.8, 4) is 0 Å². The first-order chi connectivity index (χ1) is 7.10. The lowest BCUT2D eigenvalue weighted by Crippen LogP contribution is -2.31. The van der Waals surface area contributed by atoms with E-state index in [1.807, 2.05) is 6.92 Å². The normalized spacial score (nSPS) is 23.5. The van der Waals surface area contributed by atoms with Gasteiger partial charge in [0.25, 0.3) is 0 Å². The molecule has 1 aliphatic heterocycles. The van der Waals surface area contributed by atoms with Gasteiger partial charge in [-0.2, -0.15) is 0 Å². The van der Waals surface area contributed by atoms with Crippen LogP contribution in [-0.4, -0.2) is 37.4 Å². The smallest absolute Gasteiger partial charge is 0.212 e. The van der Waals surface area contributed by atoms with Crippen LogP contribution in [0.4, 0.5) is 0 Å². The molecular weight excluding hydrogens is 234 g/mol. The fourth-order valence-corrected chi connectivity index (χ4v) is 3.94. The van der Waals surface area contributed by atoms with Gasteiger partial charge in [-0.3, -0.25) is 0 Å². The van der Waals surface area contributed by atoms with Gasteiger partial charge in [-0.05, 0) is 25.2 Å². The second-order valence-corrected chi connectivity index (χ2v) is 6.63. The summed E-state index contributed by atoms with van der Waals surface area (Å²) in [5, 5.41) is 0. The molecule has 0 amide bonds. The minimum absolute atomic E-state index is 0.303. The Morgan fingerprint density at radius 1 is 1.47 bits per heavy atom. The molecule has 1 fully saturated rings. The van der Waals surface area contributed by atoms with Gasteiger partial charge < -0.3 is 0 Å². The van der Waals surface area contributed by atoms with Gasteiger partial charge in [0, 0.05) is 19.0 Å². The van der Waals surface area contributed by atoms with Crippen molar-refractivity contribution in [1.29, 1.82) is 0 Å². The van der Waals surface area contributed by atoms with E-state index in [0.29, 0.717) is 30.6 Å². The van der Waals surface area contributed by atoms with Crippen molar-refractivity contribution in [3.05, 3.63) is 0 Å². The number of nitrogens with zero attached hydrogens (tertiary/aromatic N) is 1. The number of sulfonamides is 1. The van der Waals surface area contributed by atoms with Gasteiger partial charge in [0.1, 0.15) is 0 Å². The SMILES string of the molecule is CCCCS(=O)(=O)N1CCC(CCCl)C1. The molecule has 0 aromatic carbocycles. The van der Waals surface area contributed by atoms with E-state index in [-0.39, 0.29) is 0 Å². The zero-order chi connectivity index (χ0) is 11.3. The molecule has 1 aliphatic rings. The molecule has 0 aromatic heterocycles. The molecule has 1 heterocycles. The average Bonchev–Trinajstić information content (AvgIpc) is 2.65. The molecule has 1 rings (SSSR count). The van der Waals surface area contributed by atoms with E-state index < -0.39 is 10.0 Å². The molecule has 90 valence electrons. The third-order valence-corrected chi connectivity index (χ3v) is 5.06. The standard InChI is InChI=1S/C10H20ClNO2S/c1-2-3-8-15(13,14)12-7-5-10(9-12)4-6-11/h10H,2-9H2,1H3. The van der Waals surface area contributed by atoms with Crippen molar-refractivity contribution in [2.24, 2.45) is 5.92 Å². The summed E-state index contributed by atoms with van der Waals surface area (Å²) in [6.45, 7) is 3.38. The Labute approximate surface area is 97.8 Å². The monoisotopic (exact) mass is 253 g/mol. The molecule has 0 aliphatic carbocycles. The van der Waals surface area contributed by atoms with Gasteiger partial charge >= 0.3 is 0 Å². The molecule has 5 heteroatoms. The molecule has 0 bridgehead atoms. The Kier molecular flexibility index (Phi) is 5.36. The first-order valence-electron chi connectivity index (χ1n) is 5.64. The molecule has 1 unspecified atom stereocenters. The first-order valence-corrected chi connectivity index (χ1v) is 7.78. The van der Waals surface area contributed by atoms with Gasteiger partial charge in [0.2, 0.25) is 10.0 Å². The number of unbranched alkanes of at least 4 members (excludes halogenated alkanes) is 1. The predicted octanol–water partition coefficient (Wildman–Crippen LogP) is 2.07. The molecule has 1 saturated heterocycles. The minimum Gasteiger partial charge on any atom is -0.212 e. The minimum atomic E-state index is -2.98. The fourth-order valence-electron chi connectivity index (χ4n) is 1.90. The summed E-state index contributed by atoms with van der Waals surface area (Å²) < 4.78 is 25.3. The lowest BCUT2D eigenvalue weighted by Gasteiger charge is -2.15. The summed E-state index contributed by atoms with van der Waals surface area (Å²) >= 11 is 5.66. The van der Waals surface area contributed by atoms with Crippen molar-refractivity contribution >= 4 is 21.6 Å². The summed E-state index contributed by atoms with van der Waals surface area (Å²) in [5.41, 5.74) is 0. The third-order valence-electron chi connectivity index (χ3n) is 2.92. The van der Waals surface area contributed by atoms with Gasteiger partial charge in [-0.25, -0.2) is 12.7 Å². The highest BCUT2D eigenvalue weighted by Crippen LogP contribution is 2.23. The topological polar surface area (TPSA) is 37.4 Å². The Balaban J connectivity index is 2.45. The van der Waals surface area contributed by atoms with Crippen LogP contribution >= 0.6 is 11.6 Å². The summed E-state index contributed by atoms with van der Waals surface area (Å²) in [5.74, 6) is 1.41. The van der Waals surface area contributed by atoms with E-state index in [0.717, 1.165) is 25.7 Å². The Bertz CT molecular complexity index is 279. The van der Waals surface area contributed by atoms with Gasteiger partial charge in [-0.1, -0.05) is 13.3 Å². The maximum atomic E-state index is 11.8. The quantitative estimate of drug-likeness (QED) is 0.680. The first kappa shape index (κ1) is 13.3. The van der Waals surface area contributed by atoms with Gasteiger partial charge in [0.15, 0.2) is 0 Å². The van der Waals surface area contributed by atoms with E-state index in [1.165, 1.54) is 0 Å². The maximum Gasteiger partial charge on any atom is 0.214 e. The van der Waals surface area contributed by atoms with Crippen LogP contribution in [-0.2, 0) is 10.0 Å². The Morgan fingerprint density at radius 2 is 2.20 bits per heavy atom. The van der Waals surface area contributed by atoms with Gasteiger partial charge in [-0.15, -0.1) is 11.6 Å². The maximum absolute atomic E-state index is 11.8. The van der Waals surface area contributed by atoms with Crippen molar-refractivity contribution < 1.29 is 8.42 Å². The molecule has 0 saturated carbocycles. The van der Waals surface area contributed by atoms with Crippen molar-refractivity contribution in [2.75, 3.05) is 24.7 Å². The molecule has 3 nitrogen and oxygen atoms in total. The van der Waals surface area contributed by atoms with E-state index >= 15 is 0 Å². The van der Waals surface area contributed by atoms with Crippen LogP contribution in [0.5, 0.6) is 0 Å². The largest absolute Gasteiger partial charge is 0.214 e. The number of halogens is 1. The second-order valence-electron chi connectivity index (χ2n) is 4.16. The van der Waals surface area contributed by atoms with Crippen LogP contribution in [0.3, 0.4) is 0 Å². The van der Waals surface area contributed by atoms with Crippen LogP contribution in [0.15, 0.2) is 0 Å². The van der Waals surface area contributed by atoms with Crippen LogP contribution in [0.1, 0.15) is 32.6 Å². The summed E-state index contributed by atoms with van der Waals surface area (Å²) in [6.07, 6.45) is 3.59. The molecule has 1 atom stereocenters. The van der Waals surface area contributed by atoms with Crippen LogP contribution < -0.4 is 0 Å². The van der Waals surface area contributed by atoms with E-state index in [1.54, 1.807) is 4.31 Å². The van der Waals surface area contributed by atoms with Crippen LogP contribution in [0, 0.1) is 5.92 Å². The molecular formula is C10H20ClNO2S. The molecule has 0 N–H and O–H groups in total. The zero-order valence-electron chi connectivity index (χ0n) is 9.28. The molecule has 0 spiro atoms. The molecule has 15 heavy (non-hydrogen) atoms. The summed E-state index contributed by atoms with van der Waals surface area (Å²) in [4.78, 5) is 0. The fraction of sp³-hybridized carbons (Fsp3) is 1.00. The summed E-state index contributed by atoms with van der Waals surface area (Å²) in [7, 11) is -2.98. The Morgan fingerprint density at radius 3 is 2.80 bits per heavy atom. The third kappa shape index (κ3) is 3.93. The van der Waals surface area contributed by atoms with Crippen molar-refractivity contribution in [3.63, 3.8) is 0 Å². The average molecular weight is 254 g/mol. The Hall–Kier alpha value is 0.200. The lowest BCUT2D eigenvalue weighted by atomic mass is 10.1. The van der Waals surface area contributed by atoms with E-state index in [9.17, 15) is 8.42 Å². The number of hydrogen-bond donors (Lipinski definition) is 0. The highest BCUT2D eigenvalue weighted by Gasteiger charge is 2.30. The van der Waals surface area contributed by atoms with Gasteiger partial charge in [0.05, 0.1) is 5.75 Å². The van der Waals surface area contributed by atoms with Crippen LogP contribution in [0.25, 0.3) is 0 Å². The second kappa shape index (κ2) is 6.06. The number of alkyl halides is 1. The highest BCUT2D eigenvalue weighted by atomic mass is 35.5. The highest BCUT2D eigenvalue weighted by molar-refractivity contribution is 7.89. The van der Waals surface area contributed by atoms with Crippen LogP contribution in [0.2, 0.25) is 0 Å². The van der Waals surface area contributed by atoms with Crippen molar-refractivity contribution in [2.45, 2.75) is 32.6 Å². The molecule has 0 aromatic rings. The lowest BCUT2D eigenvalue weighted by molar-refractivity contribution is 0.452. The zero-order valence-corrected chi connectivity index (χ0v) is 10.9. The number of rotatable bonds is 6. The summed E-state index contributed by atoms with van der Waals surface area (Å²) in [6, 6.07) is 0. The predicted molar refractivity (Wildman–Crippen MR) is 63.7 cm³/mol. The van der Waals surface area contributed by atoms with E-state index in [2.05, 4.69) is 0 Å². The van der Waals surface area contributed by atoms with Crippen molar-refractivity contribution in [1.82, 2.24) is 4.31 Å². The molecule has 0 radical (unpaired) electrons.